The summed E-state index contributed by atoms with van der Waals surface area (Å²) in [5.74, 6) is -0.406. The van der Waals surface area contributed by atoms with Crippen LogP contribution in [-0.4, -0.2) is 51.0 Å². The number of nitrogens with one attached hydrogen (secondary N) is 1. The highest BCUT2D eigenvalue weighted by Gasteiger charge is 2.25. The van der Waals surface area contributed by atoms with Gasteiger partial charge in [0.15, 0.2) is 5.69 Å². The number of carbonyl (C=O) groups excluding carboxylic acids is 1. The molecule has 7 heteroatoms. The molecule has 1 aliphatic heterocycles. The Labute approximate surface area is 123 Å². The minimum Gasteiger partial charge on any atom is -0.476 e. The maximum absolute atomic E-state index is 12.0. The second-order valence-electron chi connectivity index (χ2n) is 5.51. The third kappa shape index (κ3) is 3.90. The summed E-state index contributed by atoms with van der Waals surface area (Å²) >= 11 is 0. The molecule has 1 unspecified atom stereocenters. The molecule has 1 aromatic rings. The number of piperidine rings is 1. The molecule has 7 nitrogen and oxygen atoms in total. The number of anilines is 1. The first-order valence-electron chi connectivity index (χ1n) is 7.08. The minimum atomic E-state index is -1.10. The molecule has 0 radical (unpaired) electrons. The van der Waals surface area contributed by atoms with Gasteiger partial charge in [-0.05, 0) is 12.8 Å². The van der Waals surface area contributed by atoms with Crippen LogP contribution in [0.25, 0.3) is 0 Å². The fourth-order valence-electron chi connectivity index (χ4n) is 2.38. The van der Waals surface area contributed by atoms with E-state index in [-0.39, 0.29) is 23.6 Å². The lowest BCUT2D eigenvalue weighted by Gasteiger charge is -2.34. The average molecular weight is 292 g/mol. The summed E-state index contributed by atoms with van der Waals surface area (Å²) in [5, 5.41) is 12.0. The van der Waals surface area contributed by atoms with E-state index in [0.29, 0.717) is 12.4 Å². The zero-order valence-corrected chi connectivity index (χ0v) is 12.2. The first-order valence-corrected chi connectivity index (χ1v) is 7.08. The second kappa shape index (κ2) is 6.51. The Kier molecular flexibility index (Phi) is 4.72. The highest BCUT2D eigenvalue weighted by Crippen LogP contribution is 2.16. The highest BCUT2D eigenvalue weighted by molar-refractivity contribution is 5.84. The first-order chi connectivity index (χ1) is 9.97. The fraction of sp³-hybridized carbons (Fsp3) is 0.571. The molecular formula is C14H20N4O3. The largest absolute Gasteiger partial charge is 0.476 e. The van der Waals surface area contributed by atoms with Crippen molar-refractivity contribution in [3.63, 3.8) is 0 Å². The van der Waals surface area contributed by atoms with Crippen molar-refractivity contribution in [2.45, 2.75) is 32.7 Å². The molecule has 1 saturated heterocycles. The molecule has 0 aliphatic carbocycles. The zero-order chi connectivity index (χ0) is 15.4. The first kappa shape index (κ1) is 15.2. The number of hydrogen-bond donors (Lipinski definition) is 2. The maximum atomic E-state index is 12.0. The number of rotatable bonds is 4. The van der Waals surface area contributed by atoms with Gasteiger partial charge in [-0.3, -0.25) is 4.79 Å². The lowest BCUT2D eigenvalue weighted by molar-refractivity contribution is -0.135. The average Bonchev–Trinajstić information content (AvgIpc) is 2.47. The van der Waals surface area contributed by atoms with Crippen molar-refractivity contribution in [1.82, 2.24) is 14.9 Å². The Bertz CT molecular complexity index is 515. The number of carbonyl (C=O) groups is 2. The van der Waals surface area contributed by atoms with Crippen molar-refractivity contribution in [2.75, 3.05) is 18.4 Å². The number of nitrogens with zero attached hydrogens (tertiary/aromatic N) is 3. The van der Waals surface area contributed by atoms with Gasteiger partial charge in [-0.15, -0.1) is 0 Å². The number of aromatic nitrogens is 2. The molecule has 0 bridgehead atoms. The summed E-state index contributed by atoms with van der Waals surface area (Å²) in [6, 6.07) is 0.117. The van der Waals surface area contributed by atoms with Crippen molar-refractivity contribution < 1.29 is 14.7 Å². The molecule has 0 aromatic carbocycles. The van der Waals surface area contributed by atoms with Crippen LogP contribution in [0.15, 0.2) is 12.4 Å². The smallest absolute Gasteiger partial charge is 0.356 e. The van der Waals surface area contributed by atoms with Crippen LogP contribution in [0.1, 0.15) is 37.2 Å². The van der Waals surface area contributed by atoms with E-state index in [1.54, 1.807) is 0 Å². The van der Waals surface area contributed by atoms with Gasteiger partial charge in [0.25, 0.3) is 0 Å². The molecule has 0 saturated carbocycles. The van der Waals surface area contributed by atoms with Gasteiger partial charge < -0.3 is 15.3 Å². The van der Waals surface area contributed by atoms with Gasteiger partial charge in [0.1, 0.15) is 5.82 Å². The van der Waals surface area contributed by atoms with Gasteiger partial charge in [0.05, 0.1) is 12.4 Å². The summed E-state index contributed by atoms with van der Waals surface area (Å²) in [4.78, 5) is 32.5. The van der Waals surface area contributed by atoms with Crippen LogP contribution in [0, 0.1) is 5.92 Å². The third-order valence-corrected chi connectivity index (χ3v) is 3.45. The number of aromatic carboxylic acids is 1. The van der Waals surface area contributed by atoms with E-state index >= 15 is 0 Å². The van der Waals surface area contributed by atoms with E-state index in [4.69, 9.17) is 5.11 Å². The molecule has 1 aromatic heterocycles. The van der Waals surface area contributed by atoms with Gasteiger partial charge in [-0.2, -0.15) is 0 Å². The van der Waals surface area contributed by atoms with E-state index in [0.717, 1.165) is 19.4 Å². The number of amides is 1. The topological polar surface area (TPSA) is 95.4 Å². The predicted molar refractivity (Wildman–Crippen MR) is 77.1 cm³/mol. The molecule has 2 heterocycles. The Morgan fingerprint density at radius 1 is 1.38 bits per heavy atom. The monoisotopic (exact) mass is 292 g/mol. The number of carboxylic acid groups (broad SMARTS) is 1. The number of carboxylic acids is 1. The summed E-state index contributed by atoms with van der Waals surface area (Å²) in [7, 11) is 0. The van der Waals surface area contributed by atoms with Crippen LogP contribution in [0.3, 0.4) is 0 Å². The lowest BCUT2D eigenvalue weighted by atomic mass is 10.0. The predicted octanol–water partition coefficient (Wildman–Crippen LogP) is 1.23. The van der Waals surface area contributed by atoms with Crippen LogP contribution >= 0.6 is 0 Å². The van der Waals surface area contributed by atoms with Gasteiger partial charge in [0, 0.05) is 25.0 Å². The normalized spacial score (nSPS) is 18.6. The van der Waals surface area contributed by atoms with Crippen molar-refractivity contribution in [3.8, 4) is 0 Å². The second-order valence-corrected chi connectivity index (χ2v) is 5.51. The van der Waals surface area contributed by atoms with Crippen molar-refractivity contribution >= 4 is 17.7 Å². The molecule has 1 fully saturated rings. The minimum absolute atomic E-state index is 0.00149. The van der Waals surface area contributed by atoms with Gasteiger partial charge in [0.2, 0.25) is 5.91 Å². The van der Waals surface area contributed by atoms with Crippen LogP contribution in [0.4, 0.5) is 5.82 Å². The Balaban J connectivity index is 1.96. The van der Waals surface area contributed by atoms with Gasteiger partial charge >= 0.3 is 5.97 Å². The Morgan fingerprint density at radius 2 is 2.14 bits per heavy atom. The Morgan fingerprint density at radius 3 is 2.71 bits per heavy atom. The van der Waals surface area contributed by atoms with Crippen LogP contribution < -0.4 is 5.32 Å². The summed E-state index contributed by atoms with van der Waals surface area (Å²) in [5.41, 5.74) is -0.0826. The number of hydrogen-bond acceptors (Lipinski definition) is 5. The Hall–Kier alpha value is -2.18. The number of likely N-dealkylation sites (tertiary alicyclic amines) is 1. The van der Waals surface area contributed by atoms with Crippen molar-refractivity contribution in [1.29, 1.82) is 0 Å². The molecule has 21 heavy (non-hydrogen) atoms. The zero-order valence-electron chi connectivity index (χ0n) is 12.2. The fourth-order valence-corrected chi connectivity index (χ4v) is 2.38. The molecule has 1 aliphatic rings. The lowest BCUT2D eigenvalue weighted by Crippen LogP contribution is -2.46. The molecular weight excluding hydrogens is 272 g/mol. The van der Waals surface area contributed by atoms with Crippen molar-refractivity contribution in [3.05, 3.63) is 18.1 Å². The van der Waals surface area contributed by atoms with Crippen LogP contribution in [0.5, 0.6) is 0 Å². The highest BCUT2D eigenvalue weighted by atomic mass is 16.4. The standard InChI is InChI=1S/C14H20N4O3/c1-9(2)13(19)18-5-3-4-10(8-18)17-12-7-15-11(6-16-12)14(20)21/h6-7,9-10H,3-5,8H2,1-2H3,(H,16,17)(H,20,21). The van der Waals surface area contributed by atoms with Gasteiger partial charge in [-0.25, -0.2) is 14.8 Å². The molecule has 2 rings (SSSR count). The van der Waals surface area contributed by atoms with E-state index in [9.17, 15) is 9.59 Å². The molecule has 2 N–H and O–H groups in total. The maximum Gasteiger partial charge on any atom is 0.356 e. The summed E-state index contributed by atoms with van der Waals surface area (Å²) in [6.45, 7) is 5.23. The quantitative estimate of drug-likeness (QED) is 0.866. The van der Waals surface area contributed by atoms with E-state index < -0.39 is 5.97 Å². The van der Waals surface area contributed by atoms with E-state index in [1.807, 2.05) is 18.7 Å². The molecule has 1 amide bonds. The van der Waals surface area contributed by atoms with Crippen LogP contribution in [-0.2, 0) is 4.79 Å². The van der Waals surface area contributed by atoms with Crippen molar-refractivity contribution in [2.24, 2.45) is 5.92 Å². The molecule has 114 valence electrons. The SMILES string of the molecule is CC(C)C(=O)N1CCCC(Nc2cnc(C(=O)O)cn2)C1. The summed E-state index contributed by atoms with van der Waals surface area (Å²) < 4.78 is 0. The van der Waals surface area contributed by atoms with E-state index in [2.05, 4.69) is 15.3 Å². The third-order valence-electron chi connectivity index (χ3n) is 3.45. The molecule has 1 atom stereocenters. The van der Waals surface area contributed by atoms with Gasteiger partial charge in [-0.1, -0.05) is 13.8 Å². The molecule has 0 spiro atoms. The summed E-state index contributed by atoms with van der Waals surface area (Å²) in [6.07, 6.45) is 4.53. The van der Waals surface area contributed by atoms with E-state index in [1.165, 1.54) is 12.4 Å². The van der Waals surface area contributed by atoms with Crippen LogP contribution in [0.2, 0.25) is 0 Å².